The number of nitro benzene ring substituents is 1. The fourth-order valence-electron chi connectivity index (χ4n) is 1.72. The number of aryl methyl sites for hydroxylation is 1. The number of hydrogen-bond acceptors (Lipinski definition) is 3. The van der Waals surface area contributed by atoms with Crippen molar-refractivity contribution >= 4 is 11.4 Å². The van der Waals surface area contributed by atoms with Crippen LogP contribution in [0.1, 0.15) is 38.2 Å². The van der Waals surface area contributed by atoms with E-state index in [9.17, 15) is 10.1 Å². The Morgan fingerprint density at radius 2 is 2.06 bits per heavy atom. The Balaban J connectivity index is 2.55. The van der Waals surface area contributed by atoms with Gasteiger partial charge in [-0.15, -0.1) is 0 Å². The van der Waals surface area contributed by atoms with Gasteiger partial charge in [0.15, 0.2) is 0 Å². The lowest BCUT2D eigenvalue weighted by atomic mass is 10.1. The van der Waals surface area contributed by atoms with Crippen LogP contribution in [0.4, 0.5) is 11.4 Å². The lowest BCUT2D eigenvalue weighted by Crippen LogP contribution is -2.04. The molecule has 1 N–H and O–H groups in total. The minimum atomic E-state index is -0.332. The highest BCUT2D eigenvalue weighted by molar-refractivity contribution is 5.62. The maximum atomic E-state index is 10.9. The maximum Gasteiger partial charge on any atom is 0.292 e. The van der Waals surface area contributed by atoms with Gasteiger partial charge in [-0.1, -0.05) is 32.3 Å². The van der Waals surface area contributed by atoms with Crippen molar-refractivity contribution in [1.82, 2.24) is 0 Å². The molecule has 0 heterocycles. The van der Waals surface area contributed by atoms with E-state index in [1.165, 1.54) is 19.3 Å². The van der Waals surface area contributed by atoms with E-state index in [-0.39, 0.29) is 10.6 Å². The molecule has 0 bridgehead atoms. The van der Waals surface area contributed by atoms with Crippen molar-refractivity contribution in [2.75, 3.05) is 11.9 Å². The van der Waals surface area contributed by atoms with Crippen LogP contribution in [0.15, 0.2) is 18.2 Å². The van der Waals surface area contributed by atoms with Crippen LogP contribution in [0.5, 0.6) is 0 Å². The predicted octanol–water partition coefficient (Wildman–Crippen LogP) is 3.90. The summed E-state index contributed by atoms with van der Waals surface area (Å²) in [7, 11) is 0. The second-order valence-electron chi connectivity index (χ2n) is 4.27. The predicted molar refractivity (Wildman–Crippen MR) is 70.5 cm³/mol. The molecule has 1 rings (SSSR count). The zero-order valence-corrected chi connectivity index (χ0v) is 10.5. The summed E-state index contributed by atoms with van der Waals surface area (Å²) in [5.74, 6) is 0. The monoisotopic (exact) mass is 236 g/mol. The van der Waals surface area contributed by atoms with Gasteiger partial charge in [0, 0.05) is 12.6 Å². The molecule has 0 fully saturated rings. The lowest BCUT2D eigenvalue weighted by molar-refractivity contribution is -0.384. The first-order valence-electron chi connectivity index (χ1n) is 6.14. The third kappa shape index (κ3) is 4.43. The number of unbranched alkanes of at least 4 members (excludes halogenated alkanes) is 3. The molecule has 0 spiro atoms. The normalized spacial score (nSPS) is 10.2. The van der Waals surface area contributed by atoms with Gasteiger partial charge >= 0.3 is 0 Å². The zero-order valence-electron chi connectivity index (χ0n) is 10.5. The third-order valence-electron chi connectivity index (χ3n) is 2.70. The first-order chi connectivity index (χ1) is 8.15. The summed E-state index contributed by atoms with van der Waals surface area (Å²) < 4.78 is 0. The van der Waals surface area contributed by atoms with Gasteiger partial charge in [-0.25, -0.2) is 0 Å². The van der Waals surface area contributed by atoms with E-state index in [0.29, 0.717) is 5.69 Å². The van der Waals surface area contributed by atoms with Gasteiger partial charge in [0.25, 0.3) is 5.69 Å². The highest BCUT2D eigenvalue weighted by Gasteiger charge is 2.12. The molecule has 4 nitrogen and oxygen atoms in total. The van der Waals surface area contributed by atoms with Crippen LogP contribution in [0, 0.1) is 17.0 Å². The van der Waals surface area contributed by atoms with Crippen LogP contribution >= 0.6 is 0 Å². The molecule has 0 aliphatic heterocycles. The second kappa shape index (κ2) is 6.89. The van der Waals surface area contributed by atoms with E-state index < -0.39 is 0 Å². The molecule has 0 atom stereocenters. The molecule has 0 aliphatic rings. The zero-order chi connectivity index (χ0) is 12.7. The summed E-state index contributed by atoms with van der Waals surface area (Å²) in [4.78, 5) is 10.5. The Labute approximate surface area is 102 Å². The fourth-order valence-corrected chi connectivity index (χ4v) is 1.72. The number of nitro groups is 1. The van der Waals surface area contributed by atoms with Crippen molar-refractivity contribution in [3.8, 4) is 0 Å². The molecule has 0 aromatic heterocycles. The van der Waals surface area contributed by atoms with E-state index in [1.807, 2.05) is 13.0 Å². The largest absolute Gasteiger partial charge is 0.379 e. The summed E-state index contributed by atoms with van der Waals surface area (Å²) >= 11 is 0. The molecule has 0 aliphatic carbocycles. The van der Waals surface area contributed by atoms with Crippen LogP contribution in [-0.2, 0) is 0 Å². The van der Waals surface area contributed by atoms with Gasteiger partial charge in [-0.2, -0.15) is 0 Å². The van der Waals surface area contributed by atoms with Crippen LogP contribution in [0.2, 0.25) is 0 Å². The van der Waals surface area contributed by atoms with E-state index in [2.05, 4.69) is 12.2 Å². The van der Waals surface area contributed by atoms with Crippen molar-refractivity contribution < 1.29 is 4.92 Å². The Morgan fingerprint density at radius 1 is 1.29 bits per heavy atom. The van der Waals surface area contributed by atoms with Gasteiger partial charge in [-0.3, -0.25) is 10.1 Å². The Morgan fingerprint density at radius 3 is 2.71 bits per heavy atom. The highest BCUT2D eigenvalue weighted by atomic mass is 16.6. The van der Waals surface area contributed by atoms with Crippen molar-refractivity contribution in [2.45, 2.75) is 39.5 Å². The molecule has 17 heavy (non-hydrogen) atoms. The van der Waals surface area contributed by atoms with E-state index in [0.717, 1.165) is 18.5 Å². The summed E-state index contributed by atoms with van der Waals surface area (Å²) in [5.41, 5.74) is 1.70. The standard InChI is InChI=1S/C13H20N2O2/c1-3-4-5-6-9-14-12-8-7-11(2)10-13(12)15(16)17/h7-8,10,14H,3-6,9H2,1-2H3. The number of nitrogens with one attached hydrogen (secondary N) is 1. The smallest absolute Gasteiger partial charge is 0.292 e. The van der Waals surface area contributed by atoms with Crippen LogP contribution < -0.4 is 5.32 Å². The van der Waals surface area contributed by atoms with E-state index >= 15 is 0 Å². The SMILES string of the molecule is CCCCCCNc1ccc(C)cc1[N+](=O)[O-]. The summed E-state index contributed by atoms with van der Waals surface area (Å²) in [5, 5.41) is 14.0. The minimum Gasteiger partial charge on any atom is -0.379 e. The molecule has 0 amide bonds. The minimum absolute atomic E-state index is 0.167. The summed E-state index contributed by atoms with van der Waals surface area (Å²) in [6.07, 6.45) is 4.64. The van der Waals surface area contributed by atoms with E-state index in [1.54, 1.807) is 12.1 Å². The van der Waals surface area contributed by atoms with Gasteiger partial charge in [0.05, 0.1) is 4.92 Å². The summed E-state index contributed by atoms with van der Waals surface area (Å²) in [6, 6.07) is 5.28. The molecular formula is C13H20N2O2. The first-order valence-corrected chi connectivity index (χ1v) is 6.14. The Kier molecular flexibility index (Phi) is 5.46. The topological polar surface area (TPSA) is 55.2 Å². The van der Waals surface area contributed by atoms with Crippen molar-refractivity contribution in [1.29, 1.82) is 0 Å². The molecule has 0 saturated heterocycles. The molecule has 94 valence electrons. The number of nitrogens with zero attached hydrogens (tertiary/aromatic N) is 1. The molecule has 1 aromatic carbocycles. The summed E-state index contributed by atoms with van der Waals surface area (Å²) in [6.45, 7) is 4.82. The van der Waals surface area contributed by atoms with Crippen molar-refractivity contribution in [3.05, 3.63) is 33.9 Å². The average molecular weight is 236 g/mol. The molecule has 4 heteroatoms. The molecule has 1 aromatic rings. The quantitative estimate of drug-likeness (QED) is 0.444. The van der Waals surface area contributed by atoms with Crippen LogP contribution in [-0.4, -0.2) is 11.5 Å². The molecular weight excluding hydrogens is 216 g/mol. The number of rotatable bonds is 7. The van der Waals surface area contributed by atoms with Gasteiger partial charge in [0.2, 0.25) is 0 Å². The van der Waals surface area contributed by atoms with Crippen LogP contribution in [0.25, 0.3) is 0 Å². The highest BCUT2D eigenvalue weighted by Crippen LogP contribution is 2.25. The molecule has 0 radical (unpaired) electrons. The molecule has 0 unspecified atom stereocenters. The van der Waals surface area contributed by atoms with Gasteiger partial charge in [0.1, 0.15) is 5.69 Å². The van der Waals surface area contributed by atoms with Crippen molar-refractivity contribution in [3.63, 3.8) is 0 Å². The van der Waals surface area contributed by atoms with Gasteiger partial charge < -0.3 is 5.32 Å². The molecule has 0 saturated carbocycles. The lowest BCUT2D eigenvalue weighted by Gasteiger charge is -2.07. The second-order valence-corrected chi connectivity index (χ2v) is 4.27. The third-order valence-corrected chi connectivity index (χ3v) is 2.70. The van der Waals surface area contributed by atoms with Crippen LogP contribution in [0.3, 0.4) is 0 Å². The first kappa shape index (κ1) is 13.5. The Bertz CT molecular complexity index is 378. The van der Waals surface area contributed by atoms with Gasteiger partial charge in [-0.05, 0) is 25.0 Å². The number of hydrogen-bond donors (Lipinski definition) is 1. The Hall–Kier alpha value is -1.58. The maximum absolute atomic E-state index is 10.9. The average Bonchev–Trinajstić information content (AvgIpc) is 2.30. The number of anilines is 1. The number of benzene rings is 1. The van der Waals surface area contributed by atoms with E-state index in [4.69, 9.17) is 0 Å². The van der Waals surface area contributed by atoms with Crippen molar-refractivity contribution in [2.24, 2.45) is 0 Å². The fraction of sp³-hybridized carbons (Fsp3) is 0.538.